The molecule has 0 saturated carbocycles. The number of methoxy groups -OCH3 is 1. The summed E-state index contributed by atoms with van der Waals surface area (Å²) in [4.78, 5) is 15.1. The number of pyridine rings is 1. The molecule has 0 fully saturated rings. The number of hydrogen-bond donors (Lipinski definition) is 0. The van der Waals surface area contributed by atoms with E-state index in [9.17, 15) is 18.0 Å². The third kappa shape index (κ3) is 4.40. The number of nitrogens with zero attached hydrogens (tertiary/aromatic N) is 1. The molecular weight excluding hydrogens is 382 g/mol. The minimum absolute atomic E-state index is 0.00817. The second kappa shape index (κ2) is 6.26. The van der Waals surface area contributed by atoms with Crippen molar-refractivity contribution in [3.63, 3.8) is 0 Å². The number of esters is 1. The predicted molar refractivity (Wildman–Crippen MR) is 66.1 cm³/mol. The highest BCUT2D eigenvalue weighted by molar-refractivity contribution is 14.1. The molecule has 0 aliphatic carbocycles. The minimum Gasteiger partial charge on any atom is -0.491 e. The third-order valence-electron chi connectivity index (χ3n) is 1.84. The lowest BCUT2D eigenvalue weighted by atomic mass is 10.3. The minimum atomic E-state index is -4.89. The van der Waals surface area contributed by atoms with Crippen LogP contribution in [-0.2, 0) is 4.74 Å². The summed E-state index contributed by atoms with van der Waals surface area (Å²) in [6, 6.07) is 1.09. The van der Waals surface area contributed by atoms with E-state index in [1.54, 1.807) is 29.5 Å². The van der Waals surface area contributed by atoms with E-state index < -0.39 is 18.2 Å². The second-order valence-electron chi connectivity index (χ2n) is 3.10. The Bertz CT molecular complexity index is 479. The van der Waals surface area contributed by atoms with Crippen LogP contribution in [0.5, 0.6) is 11.6 Å². The van der Waals surface area contributed by atoms with Gasteiger partial charge in [-0.25, -0.2) is 9.78 Å². The molecule has 0 N–H and O–H groups in total. The fourth-order valence-electron chi connectivity index (χ4n) is 1.14. The summed E-state index contributed by atoms with van der Waals surface area (Å²) in [6.45, 7) is 1.74. The number of rotatable bonds is 4. The molecule has 5 nitrogen and oxygen atoms in total. The Morgan fingerprint density at radius 3 is 2.58 bits per heavy atom. The molecular formula is C10H9F3INO4. The topological polar surface area (TPSA) is 57.7 Å². The molecule has 9 heteroatoms. The summed E-state index contributed by atoms with van der Waals surface area (Å²) in [6.07, 6.45) is -4.89. The maximum atomic E-state index is 12.2. The molecule has 19 heavy (non-hydrogen) atoms. The summed E-state index contributed by atoms with van der Waals surface area (Å²) in [7, 11) is 1.14. The first kappa shape index (κ1) is 15.8. The first-order valence-electron chi connectivity index (χ1n) is 4.96. The van der Waals surface area contributed by atoms with Gasteiger partial charge in [-0.1, -0.05) is 0 Å². The largest absolute Gasteiger partial charge is 0.574 e. The molecule has 0 radical (unpaired) electrons. The first-order valence-corrected chi connectivity index (χ1v) is 6.03. The number of carbonyl (C=O) groups is 1. The van der Waals surface area contributed by atoms with Gasteiger partial charge in [0.15, 0.2) is 5.75 Å². The van der Waals surface area contributed by atoms with Gasteiger partial charge < -0.3 is 14.2 Å². The monoisotopic (exact) mass is 391 g/mol. The van der Waals surface area contributed by atoms with Crippen LogP contribution in [0.1, 0.15) is 17.3 Å². The molecule has 1 heterocycles. The number of halogens is 4. The third-order valence-corrected chi connectivity index (χ3v) is 2.66. The molecule has 0 saturated heterocycles. The van der Waals surface area contributed by atoms with Gasteiger partial charge in [0.2, 0.25) is 0 Å². The fourth-order valence-corrected chi connectivity index (χ4v) is 1.73. The predicted octanol–water partition coefficient (Wildman–Crippen LogP) is 2.77. The number of aromatic nitrogens is 1. The van der Waals surface area contributed by atoms with Crippen LogP contribution in [0.4, 0.5) is 13.2 Å². The van der Waals surface area contributed by atoms with Crippen LogP contribution in [0.25, 0.3) is 0 Å². The lowest BCUT2D eigenvalue weighted by Gasteiger charge is -2.13. The number of carbonyl (C=O) groups excluding carboxylic acids is 1. The van der Waals surface area contributed by atoms with E-state index in [1.807, 2.05) is 0 Å². The molecule has 0 atom stereocenters. The van der Waals surface area contributed by atoms with Gasteiger partial charge in [-0.3, -0.25) is 0 Å². The Balaban J connectivity index is 3.17. The van der Waals surface area contributed by atoms with Gasteiger partial charge in [0, 0.05) is 6.07 Å². The quantitative estimate of drug-likeness (QED) is 0.449. The summed E-state index contributed by atoms with van der Waals surface area (Å²) < 4.78 is 49.7. The van der Waals surface area contributed by atoms with Crippen LogP contribution in [0.2, 0.25) is 0 Å². The number of hydrogen-bond acceptors (Lipinski definition) is 5. The fraction of sp³-hybridized carbons (Fsp3) is 0.400. The van der Waals surface area contributed by atoms with Crippen LogP contribution in [-0.4, -0.2) is 31.0 Å². The molecule has 0 unspecified atom stereocenters. The van der Waals surface area contributed by atoms with E-state index in [2.05, 4.69) is 9.72 Å². The van der Waals surface area contributed by atoms with Gasteiger partial charge in [0.05, 0.1) is 19.3 Å². The van der Waals surface area contributed by atoms with E-state index in [0.717, 1.165) is 13.2 Å². The molecule has 0 aliphatic rings. The van der Waals surface area contributed by atoms with Crippen molar-refractivity contribution >= 4 is 28.6 Å². The van der Waals surface area contributed by atoms with E-state index in [0.29, 0.717) is 0 Å². The van der Waals surface area contributed by atoms with Crippen LogP contribution < -0.4 is 9.47 Å². The van der Waals surface area contributed by atoms with Crippen molar-refractivity contribution in [1.82, 2.24) is 4.98 Å². The van der Waals surface area contributed by atoms with Crippen molar-refractivity contribution in [2.24, 2.45) is 0 Å². The van der Waals surface area contributed by atoms with Gasteiger partial charge in [-0.05, 0) is 29.5 Å². The van der Waals surface area contributed by atoms with Gasteiger partial charge in [0.1, 0.15) is 3.70 Å². The van der Waals surface area contributed by atoms with Crippen molar-refractivity contribution in [3.8, 4) is 11.6 Å². The SMILES string of the molecule is CCOC(=O)c1cc(OC)c(OC(F)(F)F)nc1I. The highest BCUT2D eigenvalue weighted by Gasteiger charge is 2.34. The standard InChI is InChI=1S/C10H9F3INO4/c1-3-18-9(16)5-4-6(17-2)8(15-7(5)14)19-10(11,12)13/h4H,3H2,1-2H3. The maximum Gasteiger partial charge on any atom is 0.574 e. The molecule has 0 aromatic carbocycles. The summed E-state index contributed by atoms with van der Waals surface area (Å²) >= 11 is 1.61. The van der Waals surface area contributed by atoms with E-state index in [-0.39, 0.29) is 21.6 Å². The highest BCUT2D eigenvalue weighted by Crippen LogP contribution is 2.32. The van der Waals surface area contributed by atoms with Crippen LogP contribution in [0.3, 0.4) is 0 Å². The Hall–Kier alpha value is -1.26. The summed E-state index contributed by atoms with van der Waals surface area (Å²) in [5.41, 5.74) is 0.00817. The van der Waals surface area contributed by atoms with Crippen LogP contribution in [0.15, 0.2) is 6.07 Å². The Labute approximate surface area is 120 Å². The summed E-state index contributed by atoms with van der Waals surface area (Å²) in [5, 5.41) is 0. The maximum absolute atomic E-state index is 12.2. The zero-order valence-corrected chi connectivity index (χ0v) is 12.0. The Morgan fingerprint density at radius 2 is 2.11 bits per heavy atom. The smallest absolute Gasteiger partial charge is 0.491 e. The Morgan fingerprint density at radius 1 is 1.47 bits per heavy atom. The van der Waals surface area contributed by atoms with Crippen molar-refractivity contribution in [3.05, 3.63) is 15.3 Å². The van der Waals surface area contributed by atoms with Crippen molar-refractivity contribution in [1.29, 1.82) is 0 Å². The lowest BCUT2D eigenvalue weighted by Crippen LogP contribution is -2.19. The molecule has 1 rings (SSSR count). The van der Waals surface area contributed by atoms with Crippen molar-refractivity contribution < 1.29 is 32.2 Å². The highest BCUT2D eigenvalue weighted by atomic mass is 127. The van der Waals surface area contributed by atoms with E-state index >= 15 is 0 Å². The molecule has 0 bridgehead atoms. The number of ether oxygens (including phenoxy) is 3. The molecule has 1 aromatic rings. The summed E-state index contributed by atoms with van der Waals surface area (Å²) in [5.74, 6) is -1.76. The van der Waals surface area contributed by atoms with E-state index in [4.69, 9.17) is 9.47 Å². The molecule has 0 aliphatic heterocycles. The zero-order chi connectivity index (χ0) is 14.6. The Kier molecular flexibility index (Phi) is 5.20. The number of alkyl halides is 3. The lowest BCUT2D eigenvalue weighted by molar-refractivity contribution is -0.276. The first-order chi connectivity index (χ1) is 8.78. The van der Waals surface area contributed by atoms with Gasteiger partial charge >= 0.3 is 12.3 Å². The van der Waals surface area contributed by atoms with Gasteiger partial charge in [0.25, 0.3) is 5.88 Å². The van der Waals surface area contributed by atoms with Crippen molar-refractivity contribution in [2.75, 3.05) is 13.7 Å². The normalized spacial score (nSPS) is 11.1. The molecule has 106 valence electrons. The molecule has 1 aromatic heterocycles. The zero-order valence-electron chi connectivity index (χ0n) is 9.88. The van der Waals surface area contributed by atoms with Crippen molar-refractivity contribution in [2.45, 2.75) is 13.3 Å². The average molecular weight is 391 g/mol. The van der Waals surface area contributed by atoms with Crippen LogP contribution in [0, 0.1) is 3.70 Å². The average Bonchev–Trinajstić information content (AvgIpc) is 2.27. The van der Waals surface area contributed by atoms with E-state index in [1.165, 1.54) is 0 Å². The van der Waals surface area contributed by atoms with Crippen LogP contribution >= 0.6 is 22.6 Å². The van der Waals surface area contributed by atoms with Gasteiger partial charge in [-0.2, -0.15) is 0 Å². The molecule has 0 amide bonds. The molecule has 0 spiro atoms. The van der Waals surface area contributed by atoms with Gasteiger partial charge in [-0.15, -0.1) is 13.2 Å². The second-order valence-corrected chi connectivity index (χ2v) is 4.12.